The van der Waals surface area contributed by atoms with E-state index in [2.05, 4.69) is 11.0 Å². The predicted molar refractivity (Wildman–Crippen MR) is 83.3 cm³/mol. The van der Waals surface area contributed by atoms with Crippen molar-refractivity contribution in [2.75, 3.05) is 24.3 Å². The van der Waals surface area contributed by atoms with Gasteiger partial charge in [0.25, 0.3) is 0 Å². The molecule has 1 aliphatic heterocycles. The van der Waals surface area contributed by atoms with E-state index >= 15 is 0 Å². The highest BCUT2D eigenvalue weighted by molar-refractivity contribution is 5.67. The topological polar surface area (TPSA) is 38.5 Å². The molecule has 4 heteroatoms. The number of methoxy groups -OCH3 is 1. The van der Waals surface area contributed by atoms with Crippen molar-refractivity contribution in [3.05, 3.63) is 52.8 Å². The Bertz CT molecular complexity index is 685. The molecule has 0 amide bonds. The van der Waals surface area contributed by atoms with Crippen molar-refractivity contribution < 1.29 is 9.13 Å². The van der Waals surface area contributed by atoms with Crippen molar-refractivity contribution in [1.29, 1.82) is 0 Å². The summed E-state index contributed by atoms with van der Waals surface area (Å²) in [5.41, 5.74) is 11.3. The molecule has 0 atom stereocenters. The van der Waals surface area contributed by atoms with Gasteiger partial charge in [-0.3, -0.25) is 0 Å². The van der Waals surface area contributed by atoms with Crippen LogP contribution in [-0.2, 0) is 13.0 Å². The van der Waals surface area contributed by atoms with E-state index in [-0.39, 0.29) is 11.6 Å². The largest absolute Gasteiger partial charge is 0.494 e. The molecule has 2 N–H and O–H groups in total. The fourth-order valence-electron chi connectivity index (χ4n) is 2.84. The lowest BCUT2D eigenvalue weighted by atomic mass is 10.1. The zero-order valence-electron chi connectivity index (χ0n) is 12.3. The van der Waals surface area contributed by atoms with Crippen LogP contribution >= 0.6 is 0 Å². The Morgan fingerprint density at radius 1 is 1.29 bits per heavy atom. The zero-order chi connectivity index (χ0) is 15.0. The number of anilines is 2. The van der Waals surface area contributed by atoms with Crippen LogP contribution in [0.4, 0.5) is 15.8 Å². The highest BCUT2D eigenvalue weighted by Crippen LogP contribution is 2.33. The molecule has 2 aromatic rings. The fraction of sp³-hybridized carbons (Fsp3) is 0.294. The maximum Gasteiger partial charge on any atom is 0.165 e. The molecule has 0 saturated heterocycles. The first kappa shape index (κ1) is 13.7. The molecule has 0 bridgehead atoms. The van der Waals surface area contributed by atoms with Crippen LogP contribution in [0, 0.1) is 12.7 Å². The first-order chi connectivity index (χ1) is 10.1. The molecule has 110 valence electrons. The van der Waals surface area contributed by atoms with Gasteiger partial charge in [0.05, 0.1) is 7.11 Å². The number of nitrogen functional groups attached to an aromatic ring is 1. The van der Waals surface area contributed by atoms with E-state index in [0.29, 0.717) is 6.54 Å². The van der Waals surface area contributed by atoms with Crippen molar-refractivity contribution in [2.45, 2.75) is 19.9 Å². The number of fused-ring (bicyclic) bond motifs is 1. The number of nitrogens with two attached hydrogens (primary N) is 1. The van der Waals surface area contributed by atoms with Crippen molar-refractivity contribution in [3.63, 3.8) is 0 Å². The van der Waals surface area contributed by atoms with Gasteiger partial charge in [-0.15, -0.1) is 0 Å². The van der Waals surface area contributed by atoms with Gasteiger partial charge in [0, 0.05) is 24.5 Å². The van der Waals surface area contributed by atoms with Crippen LogP contribution in [0.5, 0.6) is 5.75 Å². The minimum absolute atomic E-state index is 0.278. The fourth-order valence-corrected chi connectivity index (χ4v) is 2.84. The molecule has 1 aliphatic rings. The summed E-state index contributed by atoms with van der Waals surface area (Å²) in [6.45, 7) is 3.64. The maximum atomic E-state index is 13.8. The lowest BCUT2D eigenvalue weighted by Gasteiger charge is -2.20. The summed E-state index contributed by atoms with van der Waals surface area (Å²) < 4.78 is 18.7. The lowest BCUT2D eigenvalue weighted by Crippen LogP contribution is -2.19. The summed E-state index contributed by atoms with van der Waals surface area (Å²) in [5, 5.41) is 0. The number of halogens is 1. The number of benzene rings is 2. The Kier molecular flexibility index (Phi) is 3.45. The van der Waals surface area contributed by atoms with Gasteiger partial charge in [0.1, 0.15) is 0 Å². The summed E-state index contributed by atoms with van der Waals surface area (Å²) in [6.07, 6.45) is 1.01. The van der Waals surface area contributed by atoms with Gasteiger partial charge in [-0.1, -0.05) is 12.1 Å². The predicted octanol–water partition coefficient (Wildman–Crippen LogP) is 3.29. The third-order valence-corrected chi connectivity index (χ3v) is 4.05. The Morgan fingerprint density at radius 2 is 2.10 bits per heavy atom. The average molecular weight is 286 g/mol. The molecule has 21 heavy (non-hydrogen) atoms. The quantitative estimate of drug-likeness (QED) is 0.880. The molecule has 2 aromatic carbocycles. The number of nitrogens with zero attached hydrogens (tertiary/aromatic N) is 1. The number of aryl methyl sites for hydroxylation is 1. The van der Waals surface area contributed by atoms with Crippen LogP contribution in [0.3, 0.4) is 0 Å². The summed E-state index contributed by atoms with van der Waals surface area (Å²) in [4.78, 5) is 2.24. The molecule has 0 fully saturated rings. The molecule has 1 heterocycles. The maximum absolute atomic E-state index is 13.8. The minimum atomic E-state index is -0.321. The molecular weight excluding hydrogens is 267 g/mol. The van der Waals surface area contributed by atoms with Crippen LogP contribution in [0.15, 0.2) is 30.3 Å². The van der Waals surface area contributed by atoms with E-state index in [1.165, 1.54) is 18.7 Å². The standard InChI is InChI=1S/C17H19FN2O/c1-11-7-13-5-6-20(16(13)9-15(11)19)10-12-3-4-17(21-2)14(18)8-12/h3-4,7-9H,5-6,10,19H2,1-2H3. The van der Waals surface area contributed by atoms with Crippen LogP contribution in [0.2, 0.25) is 0 Å². The van der Waals surface area contributed by atoms with Gasteiger partial charge < -0.3 is 15.4 Å². The molecule has 3 nitrogen and oxygen atoms in total. The van der Waals surface area contributed by atoms with Gasteiger partial charge in [-0.2, -0.15) is 0 Å². The van der Waals surface area contributed by atoms with Crippen LogP contribution in [0.1, 0.15) is 16.7 Å². The molecule has 0 spiro atoms. The SMILES string of the molecule is COc1ccc(CN2CCc3cc(C)c(N)cc32)cc1F. The first-order valence-electron chi connectivity index (χ1n) is 7.05. The van der Waals surface area contributed by atoms with E-state index in [9.17, 15) is 4.39 Å². The van der Waals surface area contributed by atoms with Gasteiger partial charge in [0.2, 0.25) is 0 Å². The minimum Gasteiger partial charge on any atom is -0.494 e. The van der Waals surface area contributed by atoms with Crippen LogP contribution in [-0.4, -0.2) is 13.7 Å². The van der Waals surface area contributed by atoms with Gasteiger partial charge in [-0.25, -0.2) is 4.39 Å². The molecule has 3 rings (SSSR count). The van der Waals surface area contributed by atoms with Crippen molar-refractivity contribution in [2.24, 2.45) is 0 Å². The number of ether oxygens (including phenoxy) is 1. The van der Waals surface area contributed by atoms with Crippen LogP contribution in [0.25, 0.3) is 0 Å². The smallest absolute Gasteiger partial charge is 0.165 e. The molecule has 0 unspecified atom stereocenters. The molecule has 0 radical (unpaired) electrons. The Morgan fingerprint density at radius 3 is 2.81 bits per heavy atom. The van der Waals surface area contributed by atoms with Crippen molar-refractivity contribution in [3.8, 4) is 5.75 Å². The number of hydrogen-bond donors (Lipinski definition) is 1. The summed E-state index contributed by atoms with van der Waals surface area (Å²) in [7, 11) is 1.47. The second kappa shape index (κ2) is 5.28. The summed E-state index contributed by atoms with van der Waals surface area (Å²) in [5.74, 6) is -0.0433. The summed E-state index contributed by atoms with van der Waals surface area (Å²) >= 11 is 0. The summed E-state index contributed by atoms with van der Waals surface area (Å²) in [6, 6.07) is 9.29. The van der Waals surface area contributed by atoms with E-state index in [1.54, 1.807) is 6.07 Å². The van der Waals surface area contributed by atoms with Crippen molar-refractivity contribution >= 4 is 11.4 Å². The molecule has 0 aromatic heterocycles. The normalized spacial score (nSPS) is 13.4. The van der Waals surface area contributed by atoms with E-state index in [1.807, 2.05) is 19.1 Å². The first-order valence-corrected chi connectivity index (χ1v) is 7.05. The van der Waals surface area contributed by atoms with Gasteiger partial charge in [-0.05, 0) is 48.2 Å². The number of rotatable bonds is 3. The van der Waals surface area contributed by atoms with E-state index in [0.717, 1.165) is 35.5 Å². The third kappa shape index (κ3) is 2.53. The molecule has 0 saturated carbocycles. The third-order valence-electron chi connectivity index (χ3n) is 4.05. The van der Waals surface area contributed by atoms with E-state index < -0.39 is 0 Å². The van der Waals surface area contributed by atoms with Crippen LogP contribution < -0.4 is 15.4 Å². The highest BCUT2D eigenvalue weighted by atomic mass is 19.1. The second-order valence-electron chi connectivity index (χ2n) is 5.48. The monoisotopic (exact) mass is 286 g/mol. The second-order valence-corrected chi connectivity index (χ2v) is 5.48. The average Bonchev–Trinajstić information content (AvgIpc) is 2.82. The Balaban J connectivity index is 1.85. The Hall–Kier alpha value is -2.23. The Labute approximate surface area is 124 Å². The molecule has 0 aliphatic carbocycles. The van der Waals surface area contributed by atoms with E-state index in [4.69, 9.17) is 10.5 Å². The molecular formula is C17H19FN2O. The number of hydrogen-bond acceptors (Lipinski definition) is 3. The van der Waals surface area contributed by atoms with Gasteiger partial charge in [0.15, 0.2) is 11.6 Å². The highest BCUT2D eigenvalue weighted by Gasteiger charge is 2.20. The van der Waals surface area contributed by atoms with Crippen molar-refractivity contribution in [1.82, 2.24) is 0 Å². The lowest BCUT2D eigenvalue weighted by molar-refractivity contribution is 0.386. The van der Waals surface area contributed by atoms with Gasteiger partial charge >= 0.3 is 0 Å². The zero-order valence-corrected chi connectivity index (χ0v) is 12.3.